The monoisotopic (exact) mass is 294 g/mol. The summed E-state index contributed by atoms with van der Waals surface area (Å²) in [7, 11) is 1.98. The van der Waals surface area contributed by atoms with Crippen LogP contribution in [0.5, 0.6) is 0 Å². The number of nitrogens with two attached hydrogens (primary N) is 1. The maximum Gasteiger partial charge on any atom is 0.161 e. The third kappa shape index (κ3) is 3.24. The van der Waals surface area contributed by atoms with E-state index >= 15 is 0 Å². The molecule has 0 radical (unpaired) electrons. The first-order valence-electron chi connectivity index (χ1n) is 6.97. The molecule has 1 saturated heterocycles. The van der Waals surface area contributed by atoms with Gasteiger partial charge in [-0.15, -0.1) is 5.10 Å². The van der Waals surface area contributed by atoms with Crippen LogP contribution in [0.3, 0.4) is 0 Å². The summed E-state index contributed by atoms with van der Waals surface area (Å²) < 4.78 is 5.77. The van der Waals surface area contributed by atoms with E-state index < -0.39 is 0 Å². The molecule has 2 heterocycles. The molecular weight excluding hydrogens is 272 g/mol. The van der Waals surface area contributed by atoms with Gasteiger partial charge in [0, 0.05) is 20.2 Å². The van der Waals surface area contributed by atoms with E-state index in [0.29, 0.717) is 4.99 Å². The lowest BCUT2D eigenvalue weighted by molar-refractivity contribution is 0.0215. The molecule has 1 aliphatic heterocycles. The number of rotatable bonds is 4. The second-order valence-electron chi connectivity index (χ2n) is 5.34. The van der Waals surface area contributed by atoms with E-state index in [4.69, 9.17) is 22.7 Å². The molecule has 2 N–H and O–H groups in total. The van der Waals surface area contributed by atoms with Crippen molar-refractivity contribution in [2.45, 2.75) is 39.2 Å². The summed E-state index contributed by atoms with van der Waals surface area (Å²) in [6.07, 6.45) is 3.71. The molecule has 1 unspecified atom stereocenters. The fraction of sp³-hybridized carbons (Fsp3) is 0.643. The van der Waals surface area contributed by atoms with Crippen LogP contribution < -0.4 is 10.6 Å². The number of ether oxygens (including phenoxy) is 1. The number of aryl methyl sites for hydroxylation is 1. The minimum atomic E-state index is 0.247. The molecular formula is C14H22N4OS. The fourth-order valence-electron chi connectivity index (χ4n) is 2.50. The van der Waals surface area contributed by atoms with Crippen molar-refractivity contribution in [3.63, 3.8) is 0 Å². The van der Waals surface area contributed by atoms with Gasteiger partial charge in [-0.3, -0.25) is 0 Å². The largest absolute Gasteiger partial charge is 0.389 e. The van der Waals surface area contributed by atoms with Gasteiger partial charge in [0.05, 0.1) is 17.4 Å². The third-order valence-corrected chi connectivity index (χ3v) is 4.00. The molecule has 110 valence electrons. The minimum absolute atomic E-state index is 0.247. The summed E-state index contributed by atoms with van der Waals surface area (Å²) in [6, 6.07) is 0. The lowest BCUT2D eigenvalue weighted by atomic mass is 10.1. The van der Waals surface area contributed by atoms with E-state index in [9.17, 15) is 0 Å². The van der Waals surface area contributed by atoms with Gasteiger partial charge in [-0.05, 0) is 38.7 Å². The number of likely N-dealkylation sites (N-methyl/N-ethyl adjacent to an activating group) is 1. The Bertz CT molecular complexity index is 500. The van der Waals surface area contributed by atoms with Crippen LogP contribution in [-0.2, 0) is 4.74 Å². The second kappa shape index (κ2) is 6.45. The highest BCUT2D eigenvalue weighted by molar-refractivity contribution is 7.80. The molecule has 20 heavy (non-hydrogen) atoms. The first-order chi connectivity index (χ1) is 9.50. The van der Waals surface area contributed by atoms with Gasteiger partial charge in [0.15, 0.2) is 5.82 Å². The maximum atomic E-state index is 5.86. The summed E-state index contributed by atoms with van der Waals surface area (Å²) in [4.78, 5) is 2.41. The van der Waals surface area contributed by atoms with Crippen molar-refractivity contribution in [2.24, 2.45) is 5.73 Å². The van der Waals surface area contributed by atoms with Crippen molar-refractivity contribution in [1.82, 2.24) is 10.2 Å². The minimum Gasteiger partial charge on any atom is -0.389 e. The van der Waals surface area contributed by atoms with E-state index in [1.807, 2.05) is 25.8 Å². The lowest BCUT2D eigenvalue weighted by Gasteiger charge is -2.29. The van der Waals surface area contributed by atoms with Crippen LogP contribution in [0, 0.1) is 13.8 Å². The average Bonchev–Trinajstić information content (AvgIpc) is 2.42. The van der Waals surface area contributed by atoms with Gasteiger partial charge in [0.1, 0.15) is 4.99 Å². The molecule has 0 saturated carbocycles. The topological polar surface area (TPSA) is 64.3 Å². The van der Waals surface area contributed by atoms with Crippen molar-refractivity contribution in [1.29, 1.82) is 0 Å². The normalized spacial score (nSPS) is 18.9. The van der Waals surface area contributed by atoms with E-state index in [1.165, 1.54) is 6.42 Å². The van der Waals surface area contributed by atoms with Gasteiger partial charge in [0.2, 0.25) is 0 Å². The number of hydrogen-bond donors (Lipinski definition) is 1. The van der Waals surface area contributed by atoms with Crippen LogP contribution in [0.4, 0.5) is 5.82 Å². The predicted octanol–water partition coefficient (Wildman–Crippen LogP) is 1.73. The molecule has 1 aliphatic rings. The van der Waals surface area contributed by atoms with E-state index in [2.05, 4.69) is 10.2 Å². The SMILES string of the molecule is Cc1nnc(N(C)CC2CCCCO2)c(C(N)=S)c1C. The number of hydrogen-bond acceptors (Lipinski definition) is 5. The Morgan fingerprint density at radius 2 is 2.15 bits per heavy atom. The number of anilines is 1. The summed E-state index contributed by atoms with van der Waals surface area (Å²) in [6.45, 7) is 5.52. The zero-order valence-electron chi connectivity index (χ0n) is 12.3. The summed E-state index contributed by atoms with van der Waals surface area (Å²) in [5.74, 6) is 0.745. The Hall–Kier alpha value is -1.27. The molecule has 1 atom stereocenters. The van der Waals surface area contributed by atoms with Gasteiger partial charge in [-0.1, -0.05) is 12.2 Å². The standard InChI is InChI=1S/C14H22N4OS/c1-9-10(2)16-17-14(12(9)13(15)20)18(3)8-11-6-4-5-7-19-11/h11H,4-8H2,1-3H3,(H2,15,20). The molecule has 0 amide bonds. The highest BCUT2D eigenvalue weighted by Gasteiger charge is 2.21. The quantitative estimate of drug-likeness (QED) is 0.853. The van der Waals surface area contributed by atoms with Crippen molar-refractivity contribution >= 4 is 23.0 Å². The van der Waals surface area contributed by atoms with E-state index in [1.54, 1.807) is 0 Å². The van der Waals surface area contributed by atoms with Crippen LogP contribution in [0.15, 0.2) is 0 Å². The van der Waals surface area contributed by atoms with E-state index in [0.717, 1.165) is 48.6 Å². The van der Waals surface area contributed by atoms with Gasteiger partial charge >= 0.3 is 0 Å². The fourth-order valence-corrected chi connectivity index (χ4v) is 2.75. The second-order valence-corrected chi connectivity index (χ2v) is 5.78. The summed E-state index contributed by atoms with van der Waals surface area (Å²) >= 11 is 5.17. The van der Waals surface area contributed by atoms with Gasteiger partial charge in [-0.25, -0.2) is 0 Å². The first-order valence-corrected chi connectivity index (χ1v) is 7.38. The Morgan fingerprint density at radius 3 is 2.75 bits per heavy atom. The molecule has 6 heteroatoms. The molecule has 0 bridgehead atoms. The molecule has 1 fully saturated rings. The van der Waals surface area contributed by atoms with Gasteiger partial charge in [-0.2, -0.15) is 5.10 Å². The first kappa shape index (κ1) is 15.1. The summed E-state index contributed by atoms with van der Waals surface area (Å²) in [5.41, 5.74) is 8.54. The van der Waals surface area contributed by atoms with Gasteiger partial charge in [0.25, 0.3) is 0 Å². The van der Waals surface area contributed by atoms with Crippen LogP contribution in [0.2, 0.25) is 0 Å². The Labute approximate surface area is 125 Å². The average molecular weight is 294 g/mol. The highest BCUT2D eigenvalue weighted by Crippen LogP contribution is 2.23. The smallest absolute Gasteiger partial charge is 0.161 e. The Morgan fingerprint density at radius 1 is 1.40 bits per heavy atom. The van der Waals surface area contributed by atoms with Crippen LogP contribution in [-0.4, -0.2) is 41.5 Å². The Balaban J connectivity index is 2.22. The lowest BCUT2D eigenvalue weighted by Crippen LogP contribution is -2.35. The van der Waals surface area contributed by atoms with Crippen LogP contribution in [0.1, 0.15) is 36.1 Å². The molecule has 0 spiro atoms. The molecule has 1 aromatic heterocycles. The van der Waals surface area contributed by atoms with Crippen molar-refractivity contribution < 1.29 is 4.74 Å². The summed E-state index contributed by atoms with van der Waals surface area (Å²) in [5, 5.41) is 8.47. The molecule has 5 nitrogen and oxygen atoms in total. The van der Waals surface area contributed by atoms with Crippen molar-refractivity contribution in [3.05, 3.63) is 16.8 Å². The Kier molecular flexibility index (Phi) is 4.88. The third-order valence-electron chi connectivity index (χ3n) is 3.80. The molecule has 2 rings (SSSR count). The number of nitrogens with zero attached hydrogens (tertiary/aromatic N) is 3. The van der Waals surface area contributed by atoms with Crippen LogP contribution in [0.25, 0.3) is 0 Å². The highest BCUT2D eigenvalue weighted by atomic mass is 32.1. The maximum absolute atomic E-state index is 5.86. The zero-order chi connectivity index (χ0) is 14.7. The van der Waals surface area contributed by atoms with Crippen LogP contribution >= 0.6 is 12.2 Å². The van der Waals surface area contributed by atoms with E-state index in [-0.39, 0.29) is 6.10 Å². The van der Waals surface area contributed by atoms with Gasteiger partial charge < -0.3 is 15.4 Å². The van der Waals surface area contributed by atoms with Crippen molar-refractivity contribution in [3.8, 4) is 0 Å². The molecule has 0 aliphatic carbocycles. The number of aromatic nitrogens is 2. The zero-order valence-corrected chi connectivity index (χ0v) is 13.2. The molecule has 1 aromatic rings. The van der Waals surface area contributed by atoms with Crippen molar-refractivity contribution in [2.75, 3.05) is 25.1 Å². The molecule has 0 aromatic carbocycles. The number of thiocarbonyl (C=S) groups is 1. The predicted molar refractivity (Wildman–Crippen MR) is 84.3 cm³/mol.